The summed E-state index contributed by atoms with van der Waals surface area (Å²) < 4.78 is 0. The summed E-state index contributed by atoms with van der Waals surface area (Å²) in [4.78, 5) is 14.5. The van der Waals surface area contributed by atoms with E-state index in [9.17, 15) is 4.79 Å². The highest BCUT2D eigenvalue weighted by Crippen LogP contribution is 2.47. The number of carbonyl (C=O) groups excluding carboxylic acids is 1. The predicted octanol–water partition coefficient (Wildman–Crippen LogP) is 2.10. The van der Waals surface area contributed by atoms with E-state index in [0.29, 0.717) is 5.41 Å². The third-order valence-electron chi connectivity index (χ3n) is 4.28. The van der Waals surface area contributed by atoms with Crippen molar-refractivity contribution in [3.05, 3.63) is 29.8 Å². The molecule has 3 nitrogen and oxygen atoms in total. The molecule has 0 bridgehead atoms. The number of hydrogen-bond donors (Lipinski definition) is 1. The zero-order chi connectivity index (χ0) is 12.8. The minimum absolute atomic E-state index is 0.0791. The highest BCUT2D eigenvalue weighted by atomic mass is 16.2. The van der Waals surface area contributed by atoms with Gasteiger partial charge in [-0.2, -0.15) is 0 Å². The van der Waals surface area contributed by atoms with Crippen molar-refractivity contribution in [1.29, 1.82) is 0 Å². The highest BCUT2D eigenvalue weighted by molar-refractivity contribution is 5.98. The molecule has 96 valence electrons. The molecule has 2 fully saturated rings. The average molecular weight is 244 g/mol. The molecule has 3 heteroatoms. The van der Waals surface area contributed by atoms with Gasteiger partial charge in [0.15, 0.2) is 0 Å². The molecule has 2 aliphatic rings. The Bertz CT molecular complexity index is 479. The summed E-state index contributed by atoms with van der Waals surface area (Å²) in [6.45, 7) is 5.89. The summed E-state index contributed by atoms with van der Waals surface area (Å²) in [6, 6.07) is 8.09. The Hall–Kier alpha value is -1.35. The number of nitrogens with zero attached hydrogens (tertiary/aromatic N) is 1. The molecule has 1 spiro atoms. The first-order valence-corrected chi connectivity index (χ1v) is 6.72. The van der Waals surface area contributed by atoms with Crippen LogP contribution in [-0.2, 0) is 4.79 Å². The van der Waals surface area contributed by atoms with Crippen molar-refractivity contribution in [3.8, 4) is 0 Å². The first kappa shape index (κ1) is 11.7. The van der Waals surface area contributed by atoms with Crippen LogP contribution in [0.15, 0.2) is 24.3 Å². The van der Waals surface area contributed by atoms with E-state index < -0.39 is 0 Å². The van der Waals surface area contributed by atoms with E-state index in [0.717, 1.165) is 18.8 Å². The van der Waals surface area contributed by atoms with Crippen molar-refractivity contribution in [1.82, 2.24) is 5.32 Å². The van der Waals surface area contributed by atoms with Gasteiger partial charge in [-0.3, -0.25) is 4.79 Å². The van der Waals surface area contributed by atoms with E-state index in [4.69, 9.17) is 0 Å². The number of aryl methyl sites for hydroxylation is 1. The summed E-state index contributed by atoms with van der Waals surface area (Å²) in [5.41, 5.74) is 2.59. The number of para-hydroxylation sites is 1. The lowest BCUT2D eigenvalue weighted by molar-refractivity contribution is -0.119. The SMILES string of the molecule is Cc1ccccc1N1CC2(CC2)CNC(C)C1=O. The van der Waals surface area contributed by atoms with Gasteiger partial charge in [-0.15, -0.1) is 0 Å². The quantitative estimate of drug-likeness (QED) is 0.820. The van der Waals surface area contributed by atoms with Crippen molar-refractivity contribution in [3.63, 3.8) is 0 Å². The van der Waals surface area contributed by atoms with Crippen LogP contribution in [0.5, 0.6) is 0 Å². The van der Waals surface area contributed by atoms with Gasteiger partial charge in [-0.25, -0.2) is 0 Å². The van der Waals surface area contributed by atoms with Crippen LogP contribution in [0.2, 0.25) is 0 Å². The standard InChI is InChI=1S/C15H20N2O/c1-11-5-3-4-6-13(11)17-10-15(7-8-15)9-16-12(2)14(17)18/h3-6,12,16H,7-10H2,1-2H3. The number of carbonyl (C=O) groups is 1. The first-order valence-electron chi connectivity index (χ1n) is 6.72. The molecule has 1 N–H and O–H groups in total. The highest BCUT2D eigenvalue weighted by Gasteiger charge is 2.47. The van der Waals surface area contributed by atoms with Crippen LogP contribution >= 0.6 is 0 Å². The second-order valence-electron chi connectivity index (χ2n) is 5.81. The normalized spacial score (nSPS) is 26.2. The number of anilines is 1. The van der Waals surface area contributed by atoms with Crippen LogP contribution in [0.4, 0.5) is 5.69 Å². The van der Waals surface area contributed by atoms with Gasteiger partial charge in [0, 0.05) is 24.2 Å². The Morgan fingerprint density at radius 3 is 2.72 bits per heavy atom. The lowest BCUT2D eigenvalue weighted by Gasteiger charge is -2.26. The van der Waals surface area contributed by atoms with Crippen LogP contribution in [0.3, 0.4) is 0 Å². The largest absolute Gasteiger partial charge is 0.310 e. The summed E-state index contributed by atoms with van der Waals surface area (Å²) in [6.07, 6.45) is 2.48. The Morgan fingerprint density at radius 1 is 1.33 bits per heavy atom. The fraction of sp³-hybridized carbons (Fsp3) is 0.533. The van der Waals surface area contributed by atoms with Gasteiger partial charge in [0.1, 0.15) is 0 Å². The summed E-state index contributed by atoms with van der Waals surface area (Å²) in [7, 11) is 0. The fourth-order valence-corrected chi connectivity index (χ4v) is 2.74. The second kappa shape index (κ2) is 4.09. The molecule has 18 heavy (non-hydrogen) atoms. The maximum absolute atomic E-state index is 12.5. The molecule has 1 aliphatic heterocycles. The minimum atomic E-state index is -0.0791. The third kappa shape index (κ3) is 1.93. The van der Waals surface area contributed by atoms with E-state index in [2.05, 4.69) is 24.4 Å². The number of nitrogens with one attached hydrogen (secondary N) is 1. The zero-order valence-corrected chi connectivity index (χ0v) is 11.1. The van der Waals surface area contributed by atoms with E-state index in [-0.39, 0.29) is 11.9 Å². The predicted molar refractivity (Wildman–Crippen MR) is 72.7 cm³/mol. The van der Waals surface area contributed by atoms with Crippen molar-refractivity contribution in [2.75, 3.05) is 18.0 Å². The second-order valence-corrected chi connectivity index (χ2v) is 5.81. The monoisotopic (exact) mass is 244 g/mol. The van der Waals surface area contributed by atoms with Crippen LogP contribution in [0, 0.1) is 12.3 Å². The van der Waals surface area contributed by atoms with Crippen molar-refractivity contribution >= 4 is 11.6 Å². The maximum atomic E-state index is 12.5. The van der Waals surface area contributed by atoms with Crippen LogP contribution in [-0.4, -0.2) is 25.0 Å². The Morgan fingerprint density at radius 2 is 2.06 bits per heavy atom. The van der Waals surface area contributed by atoms with E-state index in [1.165, 1.54) is 18.4 Å². The summed E-state index contributed by atoms with van der Waals surface area (Å²) >= 11 is 0. The molecule has 0 radical (unpaired) electrons. The lowest BCUT2D eigenvalue weighted by Crippen LogP contribution is -2.42. The van der Waals surface area contributed by atoms with Gasteiger partial charge in [0.2, 0.25) is 5.91 Å². The van der Waals surface area contributed by atoms with E-state index in [1.807, 2.05) is 24.0 Å². The number of benzene rings is 1. The van der Waals surface area contributed by atoms with Gasteiger partial charge in [-0.05, 0) is 38.3 Å². The van der Waals surface area contributed by atoms with Gasteiger partial charge < -0.3 is 10.2 Å². The molecule has 1 saturated carbocycles. The first-order chi connectivity index (χ1) is 8.61. The van der Waals surface area contributed by atoms with Gasteiger partial charge in [-0.1, -0.05) is 18.2 Å². The molecule has 3 rings (SSSR count). The molecule has 1 unspecified atom stereocenters. The minimum Gasteiger partial charge on any atom is -0.310 e. The molecule has 1 atom stereocenters. The lowest BCUT2D eigenvalue weighted by atomic mass is 10.1. The topological polar surface area (TPSA) is 32.3 Å². The number of hydrogen-bond acceptors (Lipinski definition) is 2. The Balaban J connectivity index is 1.97. The van der Waals surface area contributed by atoms with E-state index in [1.54, 1.807) is 0 Å². The van der Waals surface area contributed by atoms with Crippen LogP contribution < -0.4 is 10.2 Å². The molecule has 0 aromatic heterocycles. The zero-order valence-electron chi connectivity index (χ0n) is 11.1. The van der Waals surface area contributed by atoms with Gasteiger partial charge in [0.05, 0.1) is 6.04 Å². The maximum Gasteiger partial charge on any atom is 0.243 e. The van der Waals surface area contributed by atoms with Crippen LogP contribution in [0.25, 0.3) is 0 Å². The van der Waals surface area contributed by atoms with Crippen molar-refractivity contribution in [2.45, 2.75) is 32.7 Å². The van der Waals surface area contributed by atoms with E-state index >= 15 is 0 Å². The molecule has 1 aromatic rings. The number of amides is 1. The molecule has 1 heterocycles. The fourth-order valence-electron chi connectivity index (χ4n) is 2.74. The summed E-state index contributed by atoms with van der Waals surface area (Å²) in [5, 5.41) is 3.37. The van der Waals surface area contributed by atoms with Gasteiger partial charge >= 0.3 is 0 Å². The molecular formula is C15H20N2O. The van der Waals surface area contributed by atoms with Crippen LogP contribution in [0.1, 0.15) is 25.3 Å². The summed E-state index contributed by atoms with van der Waals surface area (Å²) in [5.74, 6) is 0.202. The molecule has 1 aromatic carbocycles. The van der Waals surface area contributed by atoms with Gasteiger partial charge in [0.25, 0.3) is 0 Å². The van der Waals surface area contributed by atoms with Crippen molar-refractivity contribution in [2.24, 2.45) is 5.41 Å². The third-order valence-corrected chi connectivity index (χ3v) is 4.28. The average Bonchev–Trinajstić information content (AvgIpc) is 3.14. The Kier molecular flexibility index (Phi) is 2.67. The van der Waals surface area contributed by atoms with Crippen molar-refractivity contribution < 1.29 is 4.79 Å². The number of rotatable bonds is 1. The smallest absolute Gasteiger partial charge is 0.243 e. The molecule has 1 aliphatic carbocycles. The molecule has 1 amide bonds. The Labute approximate surface area is 108 Å². The molecular weight excluding hydrogens is 224 g/mol. The molecule has 1 saturated heterocycles.